The Bertz CT molecular complexity index is 541. The fraction of sp³-hybridized carbons (Fsp3) is 0.500. The van der Waals surface area contributed by atoms with E-state index in [1.807, 2.05) is 6.07 Å². The maximum atomic E-state index is 12.1. The van der Waals surface area contributed by atoms with Gasteiger partial charge in [-0.3, -0.25) is 9.59 Å². The summed E-state index contributed by atoms with van der Waals surface area (Å²) in [7, 11) is 1.37. The van der Waals surface area contributed by atoms with E-state index in [2.05, 4.69) is 5.32 Å². The summed E-state index contributed by atoms with van der Waals surface area (Å²) in [6.07, 6.45) is 1.34. The molecule has 0 atom stereocenters. The van der Waals surface area contributed by atoms with E-state index < -0.39 is 5.41 Å². The molecule has 0 saturated carbocycles. The summed E-state index contributed by atoms with van der Waals surface area (Å²) in [4.78, 5) is 24.1. The Balaban J connectivity index is 1.94. The van der Waals surface area contributed by atoms with Gasteiger partial charge in [-0.25, -0.2) is 0 Å². The van der Waals surface area contributed by atoms with Crippen LogP contribution in [-0.2, 0) is 25.5 Å². The molecular formula is C16H20ClNO4. The maximum absolute atomic E-state index is 12.1. The van der Waals surface area contributed by atoms with Crippen LogP contribution in [0.5, 0.6) is 0 Å². The lowest BCUT2D eigenvalue weighted by molar-refractivity contribution is -0.158. The molecule has 2 rings (SSSR count). The molecular weight excluding hydrogens is 306 g/mol. The van der Waals surface area contributed by atoms with Crippen LogP contribution in [0.2, 0.25) is 5.02 Å². The van der Waals surface area contributed by atoms with Crippen LogP contribution in [0.15, 0.2) is 24.3 Å². The van der Waals surface area contributed by atoms with Crippen molar-refractivity contribution in [3.05, 3.63) is 34.9 Å². The smallest absolute Gasteiger partial charge is 0.313 e. The van der Waals surface area contributed by atoms with Gasteiger partial charge >= 0.3 is 5.97 Å². The number of ether oxygens (including phenoxy) is 2. The summed E-state index contributed by atoms with van der Waals surface area (Å²) in [6, 6.07) is 7.16. The third kappa shape index (κ3) is 4.21. The predicted molar refractivity (Wildman–Crippen MR) is 82.7 cm³/mol. The van der Waals surface area contributed by atoms with E-state index in [1.54, 1.807) is 18.2 Å². The standard InChI is InChI=1S/C16H20ClNO4/c1-21-15(20)16(5-7-22-8-6-16)11-18-14(19)10-12-3-2-4-13(17)9-12/h2-4,9H,5-8,10-11H2,1H3,(H,18,19). The van der Waals surface area contributed by atoms with Crippen LogP contribution in [0.3, 0.4) is 0 Å². The van der Waals surface area contributed by atoms with Crippen molar-refractivity contribution in [1.82, 2.24) is 5.32 Å². The van der Waals surface area contributed by atoms with Gasteiger partial charge in [-0.1, -0.05) is 23.7 Å². The number of esters is 1. The zero-order valence-corrected chi connectivity index (χ0v) is 13.3. The Kier molecular flexibility index (Phi) is 5.80. The van der Waals surface area contributed by atoms with E-state index in [-0.39, 0.29) is 24.8 Å². The van der Waals surface area contributed by atoms with Crippen LogP contribution in [0.4, 0.5) is 0 Å². The molecule has 120 valence electrons. The molecule has 0 spiro atoms. The first kappa shape index (κ1) is 16.8. The summed E-state index contributed by atoms with van der Waals surface area (Å²) in [5, 5.41) is 3.44. The van der Waals surface area contributed by atoms with Crippen LogP contribution in [0, 0.1) is 5.41 Å². The number of benzene rings is 1. The molecule has 22 heavy (non-hydrogen) atoms. The molecule has 0 bridgehead atoms. The molecule has 6 heteroatoms. The van der Waals surface area contributed by atoms with Crippen LogP contribution < -0.4 is 5.32 Å². The van der Waals surface area contributed by atoms with Gasteiger partial charge in [0.05, 0.1) is 18.9 Å². The van der Waals surface area contributed by atoms with E-state index in [1.165, 1.54) is 7.11 Å². The molecule has 1 N–H and O–H groups in total. The average molecular weight is 326 g/mol. The van der Waals surface area contributed by atoms with Crippen molar-refractivity contribution in [3.63, 3.8) is 0 Å². The van der Waals surface area contributed by atoms with E-state index >= 15 is 0 Å². The van der Waals surface area contributed by atoms with Crippen molar-refractivity contribution in [2.45, 2.75) is 19.3 Å². The molecule has 0 radical (unpaired) electrons. The topological polar surface area (TPSA) is 64.6 Å². The number of halogens is 1. The first-order valence-corrected chi connectivity index (χ1v) is 7.61. The van der Waals surface area contributed by atoms with Gasteiger partial charge in [0.1, 0.15) is 0 Å². The van der Waals surface area contributed by atoms with Gasteiger partial charge in [-0.15, -0.1) is 0 Å². The van der Waals surface area contributed by atoms with Gasteiger partial charge in [0.15, 0.2) is 0 Å². The minimum atomic E-state index is -0.684. The maximum Gasteiger partial charge on any atom is 0.313 e. The van der Waals surface area contributed by atoms with Gasteiger partial charge in [0.2, 0.25) is 5.91 Å². The third-order valence-corrected chi connectivity index (χ3v) is 4.18. The molecule has 1 aliphatic heterocycles. The second-order valence-corrected chi connectivity index (χ2v) is 5.90. The summed E-state index contributed by atoms with van der Waals surface area (Å²) in [5.74, 6) is -0.434. The summed E-state index contributed by atoms with van der Waals surface area (Å²) in [5.41, 5.74) is 0.154. The van der Waals surface area contributed by atoms with Gasteiger partial charge in [-0.2, -0.15) is 0 Å². The molecule has 0 aromatic heterocycles. The highest BCUT2D eigenvalue weighted by molar-refractivity contribution is 6.30. The normalized spacial score (nSPS) is 16.8. The highest BCUT2D eigenvalue weighted by Crippen LogP contribution is 2.31. The number of carbonyl (C=O) groups excluding carboxylic acids is 2. The summed E-state index contributed by atoms with van der Waals surface area (Å²) >= 11 is 5.90. The predicted octanol–water partition coefficient (Wildman–Crippen LogP) is 1.97. The van der Waals surface area contributed by atoms with E-state index in [9.17, 15) is 9.59 Å². The van der Waals surface area contributed by atoms with Crippen LogP contribution in [0.25, 0.3) is 0 Å². The molecule has 0 aliphatic carbocycles. The molecule has 0 unspecified atom stereocenters. The summed E-state index contributed by atoms with van der Waals surface area (Å²) < 4.78 is 10.2. The van der Waals surface area contributed by atoms with Crippen molar-refractivity contribution in [1.29, 1.82) is 0 Å². The number of carbonyl (C=O) groups is 2. The lowest BCUT2D eigenvalue weighted by Gasteiger charge is -2.34. The number of rotatable bonds is 5. The minimum Gasteiger partial charge on any atom is -0.469 e. The molecule has 1 aliphatic rings. The Morgan fingerprint density at radius 3 is 2.73 bits per heavy atom. The Morgan fingerprint density at radius 1 is 1.36 bits per heavy atom. The Labute approximate surface area is 134 Å². The van der Waals surface area contributed by atoms with Crippen molar-refractivity contribution in [3.8, 4) is 0 Å². The van der Waals surface area contributed by atoms with Crippen LogP contribution in [-0.4, -0.2) is 38.7 Å². The van der Waals surface area contributed by atoms with Crippen molar-refractivity contribution < 1.29 is 19.1 Å². The average Bonchev–Trinajstić information content (AvgIpc) is 2.53. The Hall–Kier alpha value is -1.59. The highest BCUT2D eigenvalue weighted by Gasteiger charge is 2.41. The highest BCUT2D eigenvalue weighted by atomic mass is 35.5. The number of amides is 1. The van der Waals surface area contributed by atoms with Crippen molar-refractivity contribution >= 4 is 23.5 Å². The molecule has 1 fully saturated rings. The first-order chi connectivity index (χ1) is 10.6. The van der Waals surface area contributed by atoms with Gasteiger partial charge in [-0.05, 0) is 30.5 Å². The van der Waals surface area contributed by atoms with Crippen LogP contribution in [0.1, 0.15) is 18.4 Å². The minimum absolute atomic E-state index is 0.142. The number of hydrogen-bond donors (Lipinski definition) is 1. The lowest BCUT2D eigenvalue weighted by atomic mass is 9.80. The zero-order valence-electron chi connectivity index (χ0n) is 12.6. The molecule has 1 heterocycles. The Morgan fingerprint density at radius 2 is 2.09 bits per heavy atom. The second-order valence-electron chi connectivity index (χ2n) is 5.47. The third-order valence-electron chi connectivity index (χ3n) is 3.95. The summed E-state index contributed by atoms with van der Waals surface area (Å²) in [6.45, 7) is 1.26. The largest absolute Gasteiger partial charge is 0.469 e. The monoisotopic (exact) mass is 325 g/mol. The molecule has 5 nitrogen and oxygen atoms in total. The quantitative estimate of drug-likeness (QED) is 0.841. The molecule has 1 saturated heterocycles. The fourth-order valence-electron chi connectivity index (χ4n) is 2.59. The number of hydrogen-bond acceptors (Lipinski definition) is 4. The zero-order chi connectivity index (χ0) is 16.0. The van der Waals surface area contributed by atoms with E-state index in [0.29, 0.717) is 31.1 Å². The van der Waals surface area contributed by atoms with Gasteiger partial charge in [0, 0.05) is 24.8 Å². The second kappa shape index (κ2) is 7.61. The van der Waals surface area contributed by atoms with Gasteiger partial charge < -0.3 is 14.8 Å². The van der Waals surface area contributed by atoms with E-state index in [4.69, 9.17) is 21.1 Å². The van der Waals surface area contributed by atoms with Crippen LogP contribution >= 0.6 is 11.6 Å². The SMILES string of the molecule is COC(=O)C1(CNC(=O)Cc2cccc(Cl)c2)CCOCC1. The lowest BCUT2D eigenvalue weighted by Crippen LogP contribution is -2.47. The fourth-order valence-corrected chi connectivity index (χ4v) is 2.81. The van der Waals surface area contributed by atoms with Crippen molar-refractivity contribution in [2.24, 2.45) is 5.41 Å². The van der Waals surface area contributed by atoms with E-state index in [0.717, 1.165) is 5.56 Å². The number of nitrogens with one attached hydrogen (secondary N) is 1. The van der Waals surface area contributed by atoms with Crippen molar-refractivity contribution in [2.75, 3.05) is 26.9 Å². The molecule has 1 amide bonds. The number of methoxy groups -OCH3 is 1. The molecule has 1 aromatic rings. The first-order valence-electron chi connectivity index (χ1n) is 7.23. The van der Waals surface area contributed by atoms with Gasteiger partial charge in [0.25, 0.3) is 0 Å². The molecule has 1 aromatic carbocycles.